The number of rotatable bonds is 6. The lowest BCUT2D eigenvalue weighted by Crippen LogP contribution is -2.40. The number of benzene rings is 2. The van der Waals surface area contributed by atoms with Crippen LogP contribution in [-0.2, 0) is 11.2 Å². The van der Waals surface area contributed by atoms with Crippen LogP contribution in [0.3, 0.4) is 0 Å². The Hall–Kier alpha value is -3.26. The highest BCUT2D eigenvalue weighted by Crippen LogP contribution is 2.40. The second kappa shape index (κ2) is 10.8. The Morgan fingerprint density at radius 1 is 1.16 bits per heavy atom. The van der Waals surface area contributed by atoms with Crippen molar-refractivity contribution >= 4 is 40.2 Å². The molecule has 38 heavy (non-hydrogen) atoms. The molecule has 2 N–H and O–H groups in total. The van der Waals surface area contributed by atoms with E-state index in [9.17, 15) is 9.59 Å². The van der Waals surface area contributed by atoms with E-state index in [0.29, 0.717) is 36.4 Å². The van der Waals surface area contributed by atoms with Crippen LogP contribution >= 0.6 is 11.8 Å². The van der Waals surface area contributed by atoms with Crippen LogP contribution in [0.4, 0.5) is 5.69 Å². The molecule has 2 aromatic carbocycles. The van der Waals surface area contributed by atoms with Gasteiger partial charge in [-0.15, -0.1) is 11.8 Å². The zero-order valence-electron chi connectivity index (χ0n) is 21.6. The third-order valence-electron chi connectivity index (χ3n) is 7.95. The molecule has 0 saturated heterocycles. The van der Waals surface area contributed by atoms with Crippen molar-refractivity contribution in [3.63, 3.8) is 0 Å². The molecule has 6 rings (SSSR count). The number of pyridine rings is 1. The van der Waals surface area contributed by atoms with Gasteiger partial charge in [-0.2, -0.15) is 0 Å². The predicted octanol–water partition coefficient (Wildman–Crippen LogP) is 5.61. The molecule has 1 aliphatic carbocycles. The first-order valence-electron chi connectivity index (χ1n) is 13.6. The Balaban J connectivity index is 1.08. The van der Waals surface area contributed by atoms with Crippen LogP contribution in [0.5, 0.6) is 11.5 Å². The number of hydrogen-bond acceptors (Lipinski definition) is 6. The van der Waals surface area contributed by atoms with Gasteiger partial charge in [0.15, 0.2) is 0 Å². The molecule has 3 aromatic rings. The van der Waals surface area contributed by atoms with Gasteiger partial charge in [-0.25, -0.2) is 0 Å². The molecule has 1 aromatic heterocycles. The first-order valence-corrected chi connectivity index (χ1v) is 14.6. The molecular weight excluding hydrogens is 498 g/mol. The zero-order chi connectivity index (χ0) is 26.1. The van der Waals surface area contributed by atoms with Gasteiger partial charge in [0.25, 0.3) is 5.91 Å². The summed E-state index contributed by atoms with van der Waals surface area (Å²) in [6, 6.07) is 11.9. The fourth-order valence-electron chi connectivity index (χ4n) is 5.90. The largest absolute Gasteiger partial charge is 0.494 e. The van der Waals surface area contributed by atoms with Gasteiger partial charge < -0.3 is 20.1 Å². The second-order valence-corrected chi connectivity index (χ2v) is 11.6. The van der Waals surface area contributed by atoms with Crippen LogP contribution in [0.15, 0.2) is 47.5 Å². The Morgan fingerprint density at radius 2 is 2.03 bits per heavy atom. The predicted molar refractivity (Wildman–Crippen MR) is 149 cm³/mol. The number of anilines is 1. The normalized spacial score (nSPS) is 22.6. The van der Waals surface area contributed by atoms with Crippen molar-refractivity contribution in [3.8, 4) is 11.5 Å². The van der Waals surface area contributed by atoms with E-state index in [2.05, 4.69) is 28.6 Å². The summed E-state index contributed by atoms with van der Waals surface area (Å²) in [5.74, 6) is 3.11. The molecule has 0 spiro atoms. The van der Waals surface area contributed by atoms with Crippen LogP contribution < -0.4 is 20.1 Å². The molecule has 198 valence electrons. The highest BCUT2D eigenvalue weighted by Gasteiger charge is 2.32. The molecule has 8 heteroatoms. The summed E-state index contributed by atoms with van der Waals surface area (Å²) in [5, 5.41) is 7.22. The minimum absolute atomic E-state index is 0.0257. The molecule has 3 aliphatic rings. The Bertz CT molecular complexity index is 1370. The molecule has 2 aliphatic heterocycles. The van der Waals surface area contributed by atoms with Crippen molar-refractivity contribution in [3.05, 3.63) is 53.7 Å². The summed E-state index contributed by atoms with van der Waals surface area (Å²) in [6.45, 7) is 3.53. The standard InChI is InChI=1S/C30H33N3O4S/c1-2-11-36-22-8-9-25-23(14-22)24-12-20(16-37-27(24)15-31-25)18-3-6-21(7-4-18)32-30(35)19-5-10-28-26(13-19)33-29(34)17-38-28/h5,8-10,13-15,18,20-21H,2-4,6-7,11-12,16-17H2,1H3,(H,32,35)(H,33,34). The van der Waals surface area contributed by atoms with E-state index in [-0.39, 0.29) is 17.9 Å². The third kappa shape index (κ3) is 5.19. The van der Waals surface area contributed by atoms with Crippen molar-refractivity contribution in [2.45, 2.75) is 56.4 Å². The average Bonchev–Trinajstić information content (AvgIpc) is 2.95. The Kier molecular flexibility index (Phi) is 7.15. The maximum atomic E-state index is 13.0. The van der Waals surface area contributed by atoms with Crippen LogP contribution in [0, 0.1) is 11.8 Å². The van der Waals surface area contributed by atoms with E-state index in [4.69, 9.17) is 9.47 Å². The van der Waals surface area contributed by atoms with Gasteiger partial charge in [0.2, 0.25) is 5.91 Å². The first-order chi connectivity index (χ1) is 18.6. The molecule has 0 bridgehead atoms. The molecule has 1 unspecified atom stereocenters. The number of nitrogens with zero attached hydrogens (tertiary/aromatic N) is 1. The van der Waals surface area contributed by atoms with Gasteiger partial charge in [0.1, 0.15) is 11.5 Å². The van der Waals surface area contributed by atoms with Crippen LogP contribution in [-0.4, -0.2) is 41.8 Å². The fraction of sp³-hybridized carbons (Fsp3) is 0.433. The molecule has 3 heterocycles. The molecule has 2 amide bonds. The quantitative estimate of drug-likeness (QED) is 0.430. The Labute approximate surface area is 227 Å². The number of ether oxygens (including phenoxy) is 2. The minimum Gasteiger partial charge on any atom is -0.494 e. The van der Waals surface area contributed by atoms with Crippen molar-refractivity contribution < 1.29 is 19.1 Å². The number of amides is 2. The number of carbonyl (C=O) groups excluding carboxylic acids is 2. The summed E-state index contributed by atoms with van der Waals surface area (Å²) in [6.07, 6.45) is 7.87. The summed E-state index contributed by atoms with van der Waals surface area (Å²) < 4.78 is 12.1. The second-order valence-electron chi connectivity index (χ2n) is 10.5. The Morgan fingerprint density at radius 3 is 2.87 bits per heavy atom. The van der Waals surface area contributed by atoms with E-state index in [0.717, 1.165) is 71.5 Å². The summed E-state index contributed by atoms with van der Waals surface area (Å²) in [7, 11) is 0. The van der Waals surface area contributed by atoms with Gasteiger partial charge in [0, 0.05) is 33.4 Å². The summed E-state index contributed by atoms with van der Waals surface area (Å²) >= 11 is 1.50. The van der Waals surface area contributed by atoms with Crippen molar-refractivity contribution in [1.82, 2.24) is 10.3 Å². The average molecular weight is 532 g/mol. The van der Waals surface area contributed by atoms with Gasteiger partial charge >= 0.3 is 0 Å². The number of fused-ring (bicyclic) bond motifs is 4. The van der Waals surface area contributed by atoms with Gasteiger partial charge in [0.05, 0.1) is 36.4 Å². The molecule has 1 fully saturated rings. The molecular formula is C30H33N3O4S. The molecule has 1 atom stereocenters. The van der Waals surface area contributed by atoms with Gasteiger partial charge in [-0.05, 0) is 80.8 Å². The van der Waals surface area contributed by atoms with E-state index in [1.54, 1.807) is 6.07 Å². The van der Waals surface area contributed by atoms with E-state index in [1.807, 2.05) is 30.5 Å². The van der Waals surface area contributed by atoms with Crippen molar-refractivity contribution in [1.29, 1.82) is 0 Å². The number of hydrogen-bond donors (Lipinski definition) is 2. The number of nitrogens with one attached hydrogen (secondary N) is 2. The number of aromatic nitrogens is 1. The monoisotopic (exact) mass is 531 g/mol. The zero-order valence-corrected chi connectivity index (χ0v) is 22.4. The van der Waals surface area contributed by atoms with Crippen LogP contribution in [0.2, 0.25) is 0 Å². The van der Waals surface area contributed by atoms with Crippen LogP contribution in [0.25, 0.3) is 10.9 Å². The van der Waals surface area contributed by atoms with Gasteiger partial charge in [-0.3, -0.25) is 14.6 Å². The van der Waals surface area contributed by atoms with Crippen LogP contribution in [0.1, 0.15) is 54.9 Å². The lowest BCUT2D eigenvalue weighted by Gasteiger charge is -2.36. The maximum absolute atomic E-state index is 13.0. The molecule has 7 nitrogen and oxygen atoms in total. The van der Waals surface area contributed by atoms with E-state index < -0.39 is 0 Å². The lowest BCUT2D eigenvalue weighted by atomic mass is 9.75. The summed E-state index contributed by atoms with van der Waals surface area (Å²) in [5.41, 5.74) is 3.53. The van der Waals surface area contributed by atoms with E-state index in [1.165, 1.54) is 17.3 Å². The highest BCUT2D eigenvalue weighted by atomic mass is 32.2. The summed E-state index contributed by atoms with van der Waals surface area (Å²) in [4.78, 5) is 30.3. The van der Waals surface area contributed by atoms with Crippen molar-refractivity contribution in [2.24, 2.45) is 11.8 Å². The maximum Gasteiger partial charge on any atom is 0.251 e. The minimum atomic E-state index is -0.0731. The fourth-order valence-corrected chi connectivity index (χ4v) is 6.69. The number of thioether (sulfide) groups is 1. The highest BCUT2D eigenvalue weighted by molar-refractivity contribution is 8.00. The molecule has 1 saturated carbocycles. The van der Waals surface area contributed by atoms with Crippen molar-refractivity contribution in [2.75, 3.05) is 24.3 Å². The molecule has 0 radical (unpaired) electrons. The van der Waals surface area contributed by atoms with E-state index >= 15 is 0 Å². The topological polar surface area (TPSA) is 89.5 Å². The number of carbonyl (C=O) groups is 2. The SMILES string of the molecule is CCCOc1ccc2ncc3c(c2c1)CC(C1CCC(NC(=O)c2ccc4c(c2)NC(=O)CS4)CC1)CO3. The third-order valence-corrected chi connectivity index (χ3v) is 9.03. The lowest BCUT2D eigenvalue weighted by molar-refractivity contribution is -0.113. The smallest absolute Gasteiger partial charge is 0.251 e. The van der Waals surface area contributed by atoms with Gasteiger partial charge in [-0.1, -0.05) is 6.92 Å². The first kappa shape index (κ1) is 25.0.